The first kappa shape index (κ1) is 140. The van der Waals surface area contributed by atoms with E-state index in [2.05, 4.69) is 90.0 Å². The molecule has 0 spiro atoms. The van der Waals surface area contributed by atoms with Crippen molar-refractivity contribution in [2.45, 2.75) is 706 Å². The Labute approximate surface area is 914 Å². The van der Waals surface area contributed by atoms with Crippen LogP contribution in [0.3, 0.4) is 0 Å². The number of hydrogen-bond donors (Lipinski definition) is 3. The van der Waals surface area contributed by atoms with E-state index in [-0.39, 0.29) is 41.2 Å². The molecule has 18 atom stereocenters. The topological polar surface area (TPSA) is 220 Å². The van der Waals surface area contributed by atoms with E-state index in [1.54, 1.807) is 27.7 Å². The van der Waals surface area contributed by atoms with E-state index in [0.717, 1.165) is 103 Å². The number of carbonyl (C=O) groups is 5. The molecule has 2 aliphatic heterocycles. The minimum atomic E-state index is -1.92. The van der Waals surface area contributed by atoms with Crippen molar-refractivity contribution in [3.8, 4) is 0 Å². The molecule has 148 heavy (non-hydrogen) atoms. The van der Waals surface area contributed by atoms with Gasteiger partial charge in [0.25, 0.3) is 0 Å². The Balaban J connectivity index is 2.71. The summed E-state index contributed by atoms with van der Waals surface area (Å²) in [5, 5.41) is 37.6. The Morgan fingerprint density at radius 1 is 0.250 bits per heavy atom. The van der Waals surface area contributed by atoms with Crippen LogP contribution in [-0.2, 0) is 61.9 Å². The molecule has 0 aromatic carbocycles. The molecule has 868 valence electrons. The van der Waals surface area contributed by atoms with Crippen molar-refractivity contribution in [2.24, 2.45) is 47.3 Å². The first-order valence-electron chi connectivity index (χ1n) is 64.4. The van der Waals surface area contributed by atoms with E-state index in [4.69, 9.17) is 37.9 Å². The number of rotatable bonds is 103. The summed E-state index contributed by atoms with van der Waals surface area (Å²) in [6.45, 7) is 34.2. The lowest BCUT2D eigenvalue weighted by molar-refractivity contribution is -0.377. The predicted molar refractivity (Wildman–Crippen MR) is 623 cm³/mol. The lowest BCUT2D eigenvalue weighted by Gasteiger charge is -2.47. The fourth-order valence-electron chi connectivity index (χ4n) is 23.1. The minimum Gasteiger partial charge on any atom is -0.459 e. The molecule has 16 heteroatoms. The minimum absolute atomic E-state index is 0.00132. The number of carbonyl (C=O) groups excluding carboxylic acids is 5. The maximum atomic E-state index is 15.1. The average molecular weight is 2090 g/mol. The van der Waals surface area contributed by atoms with Crippen molar-refractivity contribution >= 4 is 29.8 Å². The van der Waals surface area contributed by atoms with Gasteiger partial charge in [0.15, 0.2) is 24.4 Å². The lowest BCUT2D eigenvalue weighted by atomic mass is 9.91. The molecule has 0 radical (unpaired) electrons. The molecular formula is C132H244O16. The van der Waals surface area contributed by atoms with E-state index in [0.29, 0.717) is 41.2 Å². The quantitative estimate of drug-likeness (QED) is 0.0223. The van der Waals surface area contributed by atoms with Crippen molar-refractivity contribution in [3.63, 3.8) is 0 Å². The molecule has 0 saturated carbocycles. The molecular weight excluding hydrogens is 1840 g/mol. The first-order chi connectivity index (χ1) is 71.7. The maximum absolute atomic E-state index is 15.1. The van der Waals surface area contributed by atoms with Gasteiger partial charge >= 0.3 is 29.8 Å². The highest BCUT2D eigenvalue weighted by Gasteiger charge is 2.56. The molecule has 2 aliphatic rings. The molecule has 0 aromatic heterocycles. The summed E-state index contributed by atoms with van der Waals surface area (Å²) in [6.07, 6.45) is 90.8. The average Bonchev–Trinajstić information content (AvgIpc) is 0.769. The van der Waals surface area contributed by atoms with Crippen molar-refractivity contribution in [2.75, 3.05) is 13.2 Å². The number of hydrogen-bond acceptors (Lipinski definition) is 16. The van der Waals surface area contributed by atoms with Gasteiger partial charge in [-0.15, -0.1) is 0 Å². The molecule has 0 bridgehead atoms. The summed E-state index contributed by atoms with van der Waals surface area (Å²) in [5.41, 5.74) is 1.18. The normalized spacial score (nSPS) is 20.2. The number of allylic oxidation sites excluding steroid dienone is 4. The Morgan fingerprint density at radius 2 is 0.459 bits per heavy atom. The fourth-order valence-corrected chi connectivity index (χ4v) is 23.1. The fraction of sp³-hybridized carbons (Fsp3) is 0.902. The number of ether oxygens (including phenoxy) is 8. The zero-order valence-corrected chi connectivity index (χ0v) is 100. The molecule has 2 heterocycles. The van der Waals surface area contributed by atoms with Gasteiger partial charge in [-0.1, -0.05) is 602 Å². The van der Waals surface area contributed by atoms with Crippen LogP contribution in [0.5, 0.6) is 0 Å². The van der Waals surface area contributed by atoms with Crippen LogP contribution in [0.2, 0.25) is 0 Å². The summed E-state index contributed by atoms with van der Waals surface area (Å²) in [5.74, 6) is -2.16. The van der Waals surface area contributed by atoms with Crippen LogP contribution in [-0.4, -0.2) is 120 Å². The third-order valence-corrected chi connectivity index (χ3v) is 32.3. The molecule has 2 saturated heterocycles. The Morgan fingerprint density at radius 3 is 0.709 bits per heavy atom. The number of aliphatic hydroxyl groups is 3. The second kappa shape index (κ2) is 96.4. The molecule has 0 aliphatic carbocycles. The van der Waals surface area contributed by atoms with Crippen LogP contribution < -0.4 is 0 Å². The van der Waals surface area contributed by atoms with Gasteiger partial charge in [0.1, 0.15) is 31.0 Å². The second-order valence-electron chi connectivity index (χ2n) is 48.2. The predicted octanol–water partition coefficient (Wildman–Crippen LogP) is 38.3. The van der Waals surface area contributed by atoms with Gasteiger partial charge in [-0.2, -0.15) is 0 Å². The van der Waals surface area contributed by atoms with Gasteiger partial charge in [0.2, 0.25) is 12.6 Å². The summed E-state index contributed by atoms with van der Waals surface area (Å²) >= 11 is 0. The van der Waals surface area contributed by atoms with Gasteiger partial charge in [0.05, 0.1) is 6.61 Å². The SMILES string of the molecule is CCCCCCCCCCCCCCCCCC[C@H](C)C[C@H](C)/C=C(\C)C(=O)OC1[C@H](O)C(COC(=O)/C(C)=C/[C@@H](C)C[C@@H](C)CCCCCCCCCCCCCCCC)O[C@H](O[C@H]2OC(CO)[C@@H](OC(=O)/C(C)=C/[C@@H](C)C[C@@H](C)CCCCCCCCCCCCCCCC)C(O)[C@@H]2OC(=O)/C(C)=C/[C@@H](C)C[C@@H](C)CCCCCCCCCCCCCCCC)[C@@H]1OC(=O)CCCCCCCCCCCCCCCCC. The maximum Gasteiger partial charge on any atom is 0.333 e. The number of esters is 5. The Hall–Kier alpha value is -3.93. The molecule has 2 fully saturated rings. The summed E-state index contributed by atoms with van der Waals surface area (Å²) < 4.78 is 52.3. The monoisotopic (exact) mass is 2090 g/mol. The van der Waals surface area contributed by atoms with E-state index < -0.39 is 104 Å². The Bertz CT molecular complexity index is 3230. The van der Waals surface area contributed by atoms with E-state index in [1.807, 2.05) is 24.3 Å². The molecule has 16 nitrogen and oxygen atoms in total. The van der Waals surface area contributed by atoms with Gasteiger partial charge < -0.3 is 53.2 Å². The first-order valence-corrected chi connectivity index (χ1v) is 64.4. The highest BCUT2D eigenvalue weighted by Crippen LogP contribution is 2.37. The molecule has 0 aromatic rings. The standard InChI is InChI=1S/C132H244O16/c1-18-23-28-33-38-43-48-53-58-60-64-69-74-79-83-88-93-108(8)98-112(12)102-116(16)129(139)146-124-121(135)119(105-141-127(137)114(14)100-110(10)96-106(6)91-86-81-76-71-66-61-55-50-45-40-35-30-25-20-3)143-132(126(124)144-120(134)95-90-85-80-75-70-65-59-54-49-44-39-34-29-24-19-2)148-131-125(147-130(140)117(17)103-113(13)99-109(9)94-89-84-78-73-68-63-57-52-47-42-37-32-27-22-5)122(136)123(118(104-133)142-131)145-128(138)115(15)101-111(11)97-107(7)92-87-82-77-72-67-62-56-51-46-41-36-31-26-21-4/h100-103,106-113,118-119,121-126,131-133,135-136H,18-99,104-105H2,1-17H3/b114-100+,115-101+,116-102+,117-103+/t106-,107-,108-,109-,110-,111-,112-,113-,118?,119?,121+,122?,123+,124?,125-,126+,131+,132+/m0/s1. The highest BCUT2D eigenvalue weighted by molar-refractivity contribution is 5.89. The van der Waals surface area contributed by atoms with Crippen molar-refractivity contribution in [1.29, 1.82) is 0 Å². The van der Waals surface area contributed by atoms with Gasteiger partial charge in [-0.25, -0.2) is 19.2 Å². The van der Waals surface area contributed by atoms with Crippen molar-refractivity contribution < 1.29 is 77.2 Å². The third-order valence-electron chi connectivity index (χ3n) is 32.3. The number of aliphatic hydroxyl groups excluding tert-OH is 3. The smallest absolute Gasteiger partial charge is 0.333 e. The zero-order valence-electron chi connectivity index (χ0n) is 100. The van der Waals surface area contributed by atoms with Crippen LogP contribution in [0, 0.1) is 47.3 Å². The van der Waals surface area contributed by atoms with Crippen molar-refractivity contribution in [1.82, 2.24) is 0 Å². The van der Waals surface area contributed by atoms with Gasteiger partial charge in [-0.05, 0) is 107 Å². The third kappa shape index (κ3) is 75.1. The van der Waals surface area contributed by atoms with Crippen LogP contribution in [0.4, 0.5) is 0 Å². The summed E-state index contributed by atoms with van der Waals surface area (Å²) in [7, 11) is 0. The number of unbranched alkanes of at least 4 members (excludes halogenated alkanes) is 68. The lowest BCUT2D eigenvalue weighted by Crippen LogP contribution is -2.66. The second-order valence-corrected chi connectivity index (χ2v) is 48.2. The van der Waals surface area contributed by atoms with Gasteiger partial charge in [-0.3, -0.25) is 4.79 Å². The van der Waals surface area contributed by atoms with E-state index in [1.165, 1.54) is 411 Å². The summed E-state index contributed by atoms with van der Waals surface area (Å²) in [6, 6.07) is 0. The molecule has 3 N–H and O–H groups in total. The molecule has 4 unspecified atom stereocenters. The van der Waals surface area contributed by atoms with E-state index >= 15 is 9.59 Å². The Kier molecular flexibility index (Phi) is 91.3. The summed E-state index contributed by atoms with van der Waals surface area (Å²) in [4.78, 5) is 74.2. The molecule has 0 amide bonds. The zero-order chi connectivity index (χ0) is 108. The highest BCUT2D eigenvalue weighted by atomic mass is 16.8. The van der Waals surface area contributed by atoms with Crippen LogP contribution in [0.25, 0.3) is 0 Å². The van der Waals surface area contributed by atoms with E-state index in [9.17, 15) is 29.7 Å². The molecule has 2 rings (SSSR count). The van der Waals surface area contributed by atoms with Crippen LogP contribution >= 0.6 is 0 Å². The van der Waals surface area contributed by atoms with Crippen molar-refractivity contribution in [3.05, 3.63) is 46.6 Å². The van der Waals surface area contributed by atoms with Crippen LogP contribution in [0.15, 0.2) is 46.6 Å². The van der Waals surface area contributed by atoms with Gasteiger partial charge in [0, 0.05) is 28.7 Å². The van der Waals surface area contributed by atoms with Crippen LogP contribution in [0.1, 0.15) is 644 Å². The largest absolute Gasteiger partial charge is 0.459 e.